The Morgan fingerprint density at radius 1 is 0.455 bits per heavy atom. The lowest BCUT2D eigenvalue weighted by Crippen LogP contribution is -1.92. The van der Waals surface area contributed by atoms with Gasteiger partial charge in [-0.1, -0.05) is 97.1 Å². The van der Waals surface area contributed by atoms with E-state index >= 15 is 0 Å². The molecule has 0 aliphatic carbocycles. The van der Waals surface area contributed by atoms with Crippen molar-refractivity contribution in [2.75, 3.05) is 0 Å². The van der Waals surface area contributed by atoms with Crippen LogP contribution in [0.2, 0.25) is 0 Å². The van der Waals surface area contributed by atoms with Gasteiger partial charge in [-0.05, 0) is 70.8 Å². The molecule has 0 unspecified atom stereocenters. The number of fused-ring (bicyclic) bond motifs is 6. The van der Waals surface area contributed by atoms with Crippen LogP contribution in [0.3, 0.4) is 0 Å². The van der Waals surface area contributed by atoms with Gasteiger partial charge >= 0.3 is 0 Å². The summed E-state index contributed by atoms with van der Waals surface area (Å²) in [5, 5.41) is 3.70. The van der Waals surface area contributed by atoms with E-state index in [0.717, 1.165) is 21.5 Å². The van der Waals surface area contributed by atoms with Gasteiger partial charge in [-0.2, -0.15) is 0 Å². The molecule has 0 aliphatic rings. The zero-order valence-corrected chi connectivity index (χ0v) is 24.5. The molecule has 44 heavy (non-hydrogen) atoms. The molecule has 0 fully saturated rings. The normalized spacial score (nSPS) is 11.6. The molecule has 9 rings (SSSR count). The molecule has 0 saturated carbocycles. The molecule has 0 atom stereocenters. The molecule has 9 aromatic rings. The van der Waals surface area contributed by atoms with E-state index in [1.807, 2.05) is 0 Å². The topological polar surface area (TPSA) is 30.7 Å². The first-order valence-corrected chi connectivity index (χ1v) is 15.6. The van der Waals surface area contributed by atoms with Crippen LogP contribution in [0.4, 0.5) is 0 Å². The van der Waals surface area contributed by atoms with E-state index in [9.17, 15) is 0 Å². The first kappa shape index (κ1) is 25.0. The molecule has 0 spiro atoms. The molecule has 0 saturated heterocycles. The lowest BCUT2D eigenvalue weighted by atomic mass is 9.96. The third-order valence-electron chi connectivity index (χ3n) is 8.51. The Hall–Kier alpha value is -5.58. The van der Waals surface area contributed by atoms with Crippen molar-refractivity contribution >= 4 is 53.4 Å². The molecule has 0 radical (unpaired) electrons. The third kappa shape index (κ3) is 3.96. The summed E-state index contributed by atoms with van der Waals surface area (Å²) in [5.74, 6) is 0. The van der Waals surface area contributed by atoms with Gasteiger partial charge in [0.1, 0.15) is 6.33 Å². The van der Waals surface area contributed by atoms with Gasteiger partial charge in [0, 0.05) is 32.1 Å². The average Bonchev–Trinajstić information content (AvgIpc) is 3.64. The summed E-state index contributed by atoms with van der Waals surface area (Å²) in [5.41, 5.74) is 11.4. The Balaban J connectivity index is 1.14. The number of hydrogen-bond donors (Lipinski definition) is 0. The van der Waals surface area contributed by atoms with Gasteiger partial charge < -0.3 is 4.57 Å². The maximum atomic E-state index is 4.75. The highest BCUT2D eigenvalue weighted by atomic mass is 32.1. The van der Waals surface area contributed by atoms with Crippen LogP contribution in [0.15, 0.2) is 152 Å². The highest BCUT2D eigenvalue weighted by Crippen LogP contribution is 2.39. The van der Waals surface area contributed by atoms with Crippen LogP contribution in [0, 0.1) is 0 Å². The lowest BCUT2D eigenvalue weighted by molar-refractivity contribution is 1.18. The van der Waals surface area contributed by atoms with E-state index in [4.69, 9.17) is 4.98 Å². The Bertz CT molecular complexity index is 2510. The van der Waals surface area contributed by atoms with Crippen molar-refractivity contribution in [1.82, 2.24) is 14.5 Å². The second-order valence-corrected chi connectivity index (χ2v) is 12.1. The van der Waals surface area contributed by atoms with Crippen LogP contribution in [-0.4, -0.2) is 14.5 Å². The fraction of sp³-hybridized carbons (Fsp3) is 0. The number of para-hydroxylation sites is 2. The van der Waals surface area contributed by atoms with Gasteiger partial charge in [-0.15, -0.1) is 11.3 Å². The second-order valence-electron chi connectivity index (χ2n) is 11.1. The number of aromatic nitrogens is 3. The molecule has 206 valence electrons. The molecule has 0 aliphatic heterocycles. The van der Waals surface area contributed by atoms with Crippen LogP contribution in [0.5, 0.6) is 0 Å². The van der Waals surface area contributed by atoms with Gasteiger partial charge in [-0.3, -0.25) is 0 Å². The van der Waals surface area contributed by atoms with E-state index in [0.29, 0.717) is 0 Å². The van der Waals surface area contributed by atoms with Crippen molar-refractivity contribution in [3.05, 3.63) is 152 Å². The van der Waals surface area contributed by atoms with Gasteiger partial charge in [0.2, 0.25) is 0 Å². The van der Waals surface area contributed by atoms with Crippen molar-refractivity contribution < 1.29 is 0 Å². The number of benzene rings is 6. The predicted octanol–water partition coefficient (Wildman–Crippen LogP) is 10.9. The van der Waals surface area contributed by atoms with E-state index in [2.05, 4.69) is 155 Å². The number of rotatable bonds is 4. The van der Waals surface area contributed by atoms with Crippen molar-refractivity contribution in [3.63, 3.8) is 0 Å². The van der Waals surface area contributed by atoms with E-state index in [1.165, 1.54) is 59.8 Å². The van der Waals surface area contributed by atoms with Crippen LogP contribution in [0.1, 0.15) is 0 Å². The molecule has 3 heterocycles. The second kappa shape index (κ2) is 10.0. The maximum absolute atomic E-state index is 4.75. The summed E-state index contributed by atoms with van der Waals surface area (Å²) in [6.07, 6.45) is 1.69. The number of hydrogen-bond acceptors (Lipinski definition) is 3. The zero-order chi connectivity index (χ0) is 29.0. The van der Waals surface area contributed by atoms with Crippen molar-refractivity contribution in [2.45, 2.75) is 0 Å². The molecule has 0 bridgehead atoms. The fourth-order valence-corrected chi connectivity index (χ4v) is 7.63. The SMILES string of the molecule is c1ccc(-n2c3ccccc3c3cc(-c4cccc(-c5cccc(-c6ncnc7c6sc6ccccc67)c5)c4)ccc32)cc1. The maximum Gasteiger partial charge on any atom is 0.116 e. The summed E-state index contributed by atoms with van der Waals surface area (Å²) in [6, 6.07) is 52.1. The predicted molar refractivity (Wildman–Crippen MR) is 186 cm³/mol. The van der Waals surface area contributed by atoms with Crippen molar-refractivity contribution in [2.24, 2.45) is 0 Å². The molecule has 3 nitrogen and oxygen atoms in total. The molecule has 0 N–H and O–H groups in total. The zero-order valence-electron chi connectivity index (χ0n) is 23.7. The van der Waals surface area contributed by atoms with Crippen LogP contribution in [-0.2, 0) is 0 Å². The van der Waals surface area contributed by atoms with Gasteiger partial charge in [0.25, 0.3) is 0 Å². The van der Waals surface area contributed by atoms with E-state index in [1.54, 1.807) is 17.7 Å². The molecule has 6 aromatic carbocycles. The van der Waals surface area contributed by atoms with Gasteiger partial charge in [-0.25, -0.2) is 9.97 Å². The van der Waals surface area contributed by atoms with Crippen LogP contribution >= 0.6 is 11.3 Å². The monoisotopic (exact) mass is 579 g/mol. The van der Waals surface area contributed by atoms with Crippen molar-refractivity contribution in [3.8, 4) is 39.2 Å². The standard InChI is InChI=1S/C40H25N3S/c1-2-14-31(15-3-1)43-35-18-6-4-16-32(35)34-24-29(20-21-36(34)43)27-11-8-10-26(22-27)28-12-9-13-30(23-28)38-40-39(42-25-41-38)33-17-5-7-19-37(33)44-40/h1-25H. The summed E-state index contributed by atoms with van der Waals surface area (Å²) >= 11 is 1.76. The van der Waals surface area contributed by atoms with E-state index in [-0.39, 0.29) is 0 Å². The van der Waals surface area contributed by atoms with Crippen molar-refractivity contribution in [1.29, 1.82) is 0 Å². The van der Waals surface area contributed by atoms with Gasteiger partial charge in [0.05, 0.1) is 26.9 Å². The quantitative estimate of drug-likeness (QED) is 0.208. The number of nitrogens with zero attached hydrogens (tertiary/aromatic N) is 3. The fourth-order valence-electron chi connectivity index (χ4n) is 6.46. The minimum atomic E-state index is 0.981. The average molecular weight is 580 g/mol. The summed E-state index contributed by atoms with van der Waals surface area (Å²) in [4.78, 5) is 9.39. The Labute approximate surface area is 258 Å². The summed E-state index contributed by atoms with van der Waals surface area (Å²) < 4.78 is 4.72. The highest BCUT2D eigenvalue weighted by Gasteiger charge is 2.15. The highest BCUT2D eigenvalue weighted by molar-refractivity contribution is 7.26. The first-order chi connectivity index (χ1) is 21.8. The number of thiophene rings is 1. The first-order valence-electron chi connectivity index (χ1n) is 14.7. The largest absolute Gasteiger partial charge is 0.309 e. The van der Waals surface area contributed by atoms with Crippen LogP contribution in [0.25, 0.3) is 81.3 Å². The third-order valence-corrected chi connectivity index (χ3v) is 9.68. The minimum Gasteiger partial charge on any atom is -0.309 e. The lowest BCUT2D eigenvalue weighted by Gasteiger charge is -2.10. The Morgan fingerprint density at radius 2 is 1.09 bits per heavy atom. The molecular formula is C40H25N3S. The van der Waals surface area contributed by atoms with E-state index < -0.39 is 0 Å². The summed E-state index contributed by atoms with van der Waals surface area (Å²) in [6.45, 7) is 0. The Morgan fingerprint density at radius 3 is 1.91 bits per heavy atom. The molecule has 3 aromatic heterocycles. The van der Waals surface area contributed by atoms with Crippen LogP contribution < -0.4 is 0 Å². The minimum absolute atomic E-state index is 0.981. The van der Waals surface area contributed by atoms with Gasteiger partial charge in [0.15, 0.2) is 0 Å². The Kier molecular flexibility index (Phi) is 5.68. The summed E-state index contributed by atoms with van der Waals surface area (Å²) in [7, 11) is 0. The molecular weight excluding hydrogens is 555 g/mol. The molecule has 0 amide bonds. The smallest absolute Gasteiger partial charge is 0.116 e. The molecule has 4 heteroatoms.